The van der Waals surface area contributed by atoms with Crippen LogP contribution in [0.3, 0.4) is 0 Å². The molecule has 1 aromatic heterocycles. The molecule has 2 rings (SSSR count). The van der Waals surface area contributed by atoms with Crippen molar-refractivity contribution in [1.29, 1.82) is 0 Å². The van der Waals surface area contributed by atoms with Crippen molar-refractivity contribution in [3.63, 3.8) is 0 Å². The predicted molar refractivity (Wildman–Crippen MR) is 66.7 cm³/mol. The maximum absolute atomic E-state index is 10.8. The average molecular weight is 333 g/mol. The van der Waals surface area contributed by atoms with Gasteiger partial charge < -0.3 is 0 Å². The van der Waals surface area contributed by atoms with E-state index in [1.54, 1.807) is 29.1 Å². The van der Waals surface area contributed by atoms with Gasteiger partial charge in [0.15, 0.2) is 6.29 Å². The SMILES string of the molecule is O=Cc1ccc(Cl)cc1-n1cc(I)cn1. The first-order valence-corrected chi connectivity index (χ1v) is 5.61. The predicted octanol–water partition coefficient (Wildman–Crippen LogP) is 2.94. The molecule has 5 heteroatoms. The highest BCUT2D eigenvalue weighted by Gasteiger charge is 2.06. The summed E-state index contributed by atoms with van der Waals surface area (Å²) in [7, 11) is 0. The van der Waals surface area contributed by atoms with Gasteiger partial charge in [0, 0.05) is 16.8 Å². The van der Waals surface area contributed by atoms with Crippen LogP contribution in [0.15, 0.2) is 30.6 Å². The first kappa shape index (κ1) is 10.6. The summed E-state index contributed by atoms with van der Waals surface area (Å²) in [5.74, 6) is 0. The lowest BCUT2D eigenvalue weighted by Gasteiger charge is -2.04. The smallest absolute Gasteiger partial charge is 0.152 e. The van der Waals surface area contributed by atoms with Crippen LogP contribution in [0.2, 0.25) is 5.02 Å². The highest BCUT2D eigenvalue weighted by atomic mass is 127. The van der Waals surface area contributed by atoms with Gasteiger partial charge in [-0.25, -0.2) is 4.68 Å². The van der Waals surface area contributed by atoms with E-state index >= 15 is 0 Å². The van der Waals surface area contributed by atoms with Crippen LogP contribution in [0.4, 0.5) is 0 Å². The lowest BCUT2D eigenvalue weighted by Crippen LogP contribution is -1.99. The quantitative estimate of drug-likeness (QED) is 0.626. The highest BCUT2D eigenvalue weighted by molar-refractivity contribution is 14.1. The fourth-order valence-electron chi connectivity index (χ4n) is 1.25. The normalized spacial score (nSPS) is 10.3. The van der Waals surface area contributed by atoms with Gasteiger partial charge in [-0.2, -0.15) is 5.10 Å². The Morgan fingerprint density at radius 2 is 2.27 bits per heavy atom. The zero-order chi connectivity index (χ0) is 10.8. The number of carbonyl (C=O) groups excluding carboxylic acids is 1. The first-order valence-electron chi connectivity index (χ1n) is 4.16. The van der Waals surface area contributed by atoms with E-state index < -0.39 is 0 Å². The van der Waals surface area contributed by atoms with Crippen molar-refractivity contribution in [3.05, 3.63) is 44.7 Å². The van der Waals surface area contributed by atoms with Crippen molar-refractivity contribution in [3.8, 4) is 5.69 Å². The van der Waals surface area contributed by atoms with E-state index in [1.807, 2.05) is 6.20 Å². The molecule has 1 heterocycles. The van der Waals surface area contributed by atoms with Crippen LogP contribution in [0.25, 0.3) is 5.69 Å². The molecular formula is C10H6ClIN2O. The molecule has 0 unspecified atom stereocenters. The van der Waals surface area contributed by atoms with Crippen LogP contribution in [0, 0.1) is 3.57 Å². The van der Waals surface area contributed by atoms with Gasteiger partial charge in [-0.1, -0.05) is 11.6 Å². The number of hydrogen-bond acceptors (Lipinski definition) is 2. The molecule has 0 saturated heterocycles. The summed E-state index contributed by atoms with van der Waals surface area (Å²) in [6.07, 6.45) is 4.34. The third-order valence-electron chi connectivity index (χ3n) is 1.92. The minimum absolute atomic E-state index is 0.568. The number of rotatable bonds is 2. The molecule has 76 valence electrons. The lowest BCUT2D eigenvalue weighted by molar-refractivity contribution is 0.112. The van der Waals surface area contributed by atoms with Gasteiger partial charge in [-0.15, -0.1) is 0 Å². The summed E-state index contributed by atoms with van der Waals surface area (Å²) < 4.78 is 2.64. The Labute approximate surface area is 105 Å². The van der Waals surface area contributed by atoms with Crippen molar-refractivity contribution >= 4 is 40.5 Å². The number of nitrogens with zero attached hydrogens (tertiary/aromatic N) is 2. The number of benzene rings is 1. The number of hydrogen-bond donors (Lipinski definition) is 0. The zero-order valence-electron chi connectivity index (χ0n) is 7.52. The van der Waals surface area contributed by atoms with Crippen LogP contribution in [-0.4, -0.2) is 16.1 Å². The van der Waals surface area contributed by atoms with Crippen molar-refractivity contribution < 1.29 is 4.79 Å². The summed E-state index contributed by atoms with van der Waals surface area (Å²) in [4.78, 5) is 10.8. The molecule has 3 nitrogen and oxygen atoms in total. The molecule has 0 atom stereocenters. The van der Waals surface area contributed by atoms with E-state index in [4.69, 9.17) is 11.6 Å². The third-order valence-corrected chi connectivity index (χ3v) is 2.71. The molecule has 0 spiro atoms. The monoisotopic (exact) mass is 332 g/mol. The number of halogens is 2. The van der Waals surface area contributed by atoms with Gasteiger partial charge in [0.2, 0.25) is 0 Å². The van der Waals surface area contributed by atoms with Gasteiger partial charge in [-0.05, 0) is 40.8 Å². The molecule has 15 heavy (non-hydrogen) atoms. The van der Waals surface area contributed by atoms with E-state index in [1.165, 1.54) is 0 Å². The van der Waals surface area contributed by atoms with Gasteiger partial charge in [0.1, 0.15) is 0 Å². The van der Waals surface area contributed by atoms with E-state index in [-0.39, 0.29) is 0 Å². The van der Waals surface area contributed by atoms with Crippen molar-refractivity contribution in [2.24, 2.45) is 0 Å². The van der Waals surface area contributed by atoms with Gasteiger partial charge in [0.25, 0.3) is 0 Å². The third kappa shape index (κ3) is 2.21. The molecule has 0 aliphatic rings. The Kier molecular flexibility index (Phi) is 3.06. The molecule has 0 amide bonds. The van der Waals surface area contributed by atoms with Crippen LogP contribution in [0.1, 0.15) is 10.4 Å². The first-order chi connectivity index (χ1) is 7.20. The lowest BCUT2D eigenvalue weighted by atomic mass is 10.2. The Morgan fingerprint density at radius 1 is 1.47 bits per heavy atom. The summed E-state index contributed by atoms with van der Waals surface area (Å²) in [5, 5.41) is 4.71. The molecule has 0 bridgehead atoms. The Morgan fingerprint density at radius 3 is 2.87 bits per heavy atom. The largest absolute Gasteiger partial charge is 0.298 e. The van der Waals surface area contributed by atoms with Crippen LogP contribution < -0.4 is 0 Å². The fourth-order valence-corrected chi connectivity index (χ4v) is 1.80. The molecule has 0 aliphatic carbocycles. The van der Waals surface area contributed by atoms with Crippen LogP contribution in [0.5, 0.6) is 0 Å². The molecule has 2 aromatic rings. The molecular weight excluding hydrogens is 326 g/mol. The van der Waals surface area contributed by atoms with Crippen LogP contribution >= 0.6 is 34.2 Å². The van der Waals surface area contributed by atoms with Gasteiger partial charge in [0.05, 0.1) is 15.5 Å². The van der Waals surface area contributed by atoms with E-state index in [9.17, 15) is 4.79 Å². The number of carbonyl (C=O) groups is 1. The minimum Gasteiger partial charge on any atom is -0.298 e. The van der Waals surface area contributed by atoms with E-state index in [0.29, 0.717) is 16.3 Å². The average Bonchev–Trinajstić information content (AvgIpc) is 2.65. The molecule has 0 fully saturated rings. The van der Waals surface area contributed by atoms with Crippen molar-refractivity contribution in [2.75, 3.05) is 0 Å². The van der Waals surface area contributed by atoms with Gasteiger partial charge in [-0.3, -0.25) is 4.79 Å². The number of aldehydes is 1. The topological polar surface area (TPSA) is 34.9 Å². The molecule has 1 aromatic carbocycles. The Balaban J connectivity index is 2.59. The fraction of sp³-hybridized carbons (Fsp3) is 0. The second-order valence-electron chi connectivity index (χ2n) is 2.92. The highest BCUT2D eigenvalue weighted by Crippen LogP contribution is 2.19. The van der Waals surface area contributed by atoms with Crippen molar-refractivity contribution in [2.45, 2.75) is 0 Å². The zero-order valence-corrected chi connectivity index (χ0v) is 10.4. The standard InChI is InChI=1S/C10H6ClIN2O/c11-8-2-1-7(6-15)10(3-8)14-5-9(12)4-13-14/h1-6H. The second-order valence-corrected chi connectivity index (χ2v) is 4.61. The van der Waals surface area contributed by atoms with Crippen molar-refractivity contribution in [1.82, 2.24) is 9.78 Å². The Bertz CT molecular complexity index is 510. The summed E-state index contributed by atoms with van der Waals surface area (Å²) in [5.41, 5.74) is 1.26. The summed E-state index contributed by atoms with van der Waals surface area (Å²) in [6.45, 7) is 0. The molecule has 0 saturated carbocycles. The second kappa shape index (κ2) is 4.32. The molecule has 0 radical (unpaired) electrons. The summed E-state index contributed by atoms with van der Waals surface area (Å²) in [6, 6.07) is 5.08. The summed E-state index contributed by atoms with van der Waals surface area (Å²) >= 11 is 8.03. The Hall–Kier alpha value is -0.880. The van der Waals surface area contributed by atoms with E-state index in [0.717, 1.165) is 9.86 Å². The van der Waals surface area contributed by atoms with E-state index in [2.05, 4.69) is 27.7 Å². The molecule has 0 N–H and O–H groups in total. The maximum atomic E-state index is 10.8. The van der Waals surface area contributed by atoms with Crippen LogP contribution in [-0.2, 0) is 0 Å². The number of aromatic nitrogens is 2. The molecule has 0 aliphatic heterocycles. The van der Waals surface area contributed by atoms with Gasteiger partial charge >= 0.3 is 0 Å². The minimum atomic E-state index is 0.568. The maximum Gasteiger partial charge on any atom is 0.152 e.